The first kappa shape index (κ1) is 9.09. The standard InChI is InChI=1S/C10H10ClN/c1-8-5-6-10(4-3-7-11)9(2)12-8/h5-6H,7H2,1-2H3. The van der Waals surface area contributed by atoms with Crippen molar-refractivity contribution in [3.8, 4) is 11.8 Å². The predicted molar refractivity (Wildman–Crippen MR) is 51.3 cm³/mol. The lowest BCUT2D eigenvalue weighted by Crippen LogP contribution is -1.89. The van der Waals surface area contributed by atoms with Crippen molar-refractivity contribution >= 4 is 11.6 Å². The second kappa shape index (κ2) is 4.13. The van der Waals surface area contributed by atoms with Crippen molar-refractivity contribution in [2.45, 2.75) is 13.8 Å². The van der Waals surface area contributed by atoms with Gasteiger partial charge in [-0.1, -0.05) is 11.8 Å². The molecule has 0 radical (unpaired) electrons. The lowest BCUT2D eigenvalue weighted by molar-refractivity contribution is 1.11. The second-order valence-electron chi connectivity index (χ2n) is 2.52. The molecule has 0 bridgehead atoms. The summed E-state index contributed by atoms with van der Waals surface area (Å²) in [6.07, 6.45) is 0. The predicted octanol–water partition coefficient (Wildman–Crippen LogP) is 2.29. The highest BCUT2D eigenvalue weighted by atomic mass is 35.5. The van der Waals surface area contributed by atoms with Gasteiger partial charge in [-0.3, -0.25) is 4.98 Å². The summed E-state index contributed by atoms with van der Waals surface area (Å²) >= 11 is 5.44. The maximum absolute atomic E-state index is 5.44. The molecule has 0 saturated carbocycles. The molecule has 0 unspecified atom stereocenters. The van der Waals surface area contributed by atoms with Gasteiger partial charge >= 0.3 is 0 Å². The molecule has 0 aliphatic heterocycles. The molecule has 0 aromatic carbocycles. The number of halogens is 1. The van der Waals surface area contributed by atoms with Crippen molar-refractivity contribution in [2.75, 3.05) is 5.88 Å². The molecule has 0 amide bonds. The first-order valence-electron chi connectivity index (χ1n) is 3.73. The highest BCUT2D eigenvalue weighted by Crippen LogP contribution is 2.03. The minimum atomic E-state index is 0.368. The zero-order valence-corrected chi connectivity index (χ0v) is 7.94. The first-order valence-corrected chi connectivity index (χ1v) is 4.26. The highest BCUT2D eigenvalue weighted by Gasteiger charge is 1.94. The summed E-state index contributed by atoms with van der Waals surface area (Å²) < 4.78 is 0. The topological polar surface area (TPSA) is 12.9 Å². The lowest BCUT2D eigenvalue weighted by Gasteiger charge is -1.97. The molecule has 2 heteroatoms. The van der Waals surface area contributed by atoms with E-state index in [9.17, 15) is 0 Å². The van der Waals surface area contributed by atoms with Crippen LogP contribution in [-0.4, -0.2) is 10.9 Å². The van der Waals surface area contributed by atoms with Crippen LogP contribution in [0.25, 0.3) is 0 Å². The van der Waals surface area contributed by atoms with Gasteiger partial charge in [0, 0.05) is 11.3 Å². The molecular formula is C10H10ClN. The van der Waals surface area contributed by atoms with E-state index in [1.165, 1.54) is 0 Å². The van der Waals surface area contributed by atoms with Crippen LogP contribution in [0.3, 0.4) is 0 Å². The third-order valence-electron chi connectivity index (χ3n) is 1.51. The zero-order chi connectivity index (χ0) is 8.97. The van der Waals surface area contributed by atoms with Gasteiger partial charge in [0.1, 0.15) is 0 Å². The van der Waals surface area contributed by atoms with Crippen molar-refractivity contribution in [3.05, 3.63) is 29.1 Å². The number of hydrogen-bond acceptors (Lipinski definition) is 1. The quantitative estimate of drug-likeness (QED) is 0.440. The average molecular weight is 180 g/mol. The van der Waals surface area contributed by atoms with E-state index in [2.05, 4.69) is 16.8 Å². The van der Waals surface area contributed by atoms with Crippen LogP contribution in [0, 0.1) is 25.7 Å². The normalized spacial score (nSPS) is 8.92. The molecule has 0 N–H and O–H groups in total. The van der Waals surface area contributed by atoms with Crippen LogP contribution in [0.4, 0.5) is 0 Å². The minimum Gasteiger partial charge on any atom is -0.257 e. The van der Waals surface area contributed by atoms with E-state index in [0.717, 1.165) is 17.0 Å². The van der Waals surface area contributed by atoms with Crippen molar-refractivity contribution < 1.29 is 0 Å². The van der Waals surface area contributed by atoms with Gasteiger partial charge < -0.3 is 0 Å². The number of rotatable bonds is 0. The van der Waals surface area contributed by atoms with Crippen LogP contribution in [0.5, 0.6) is 0 Å². The van der Waals surface area contributed by atoms with Crippen LogP contribution in [0.15, 0.2) is 12.1 Å². The lowest BCUT2D eigenvalue weighted by atomic mass is 10.2. The summed E-state index contributed by atoms with van der Waals surface area (Å²) in [5, 5.41) is 0. The summed E-state index contributed by atoms with van der Waals surface area (Å²) in [5.74, 6) is 6.11. The van der Waals surface area contributed by atoms with Crippen molar-refractivity contribution in [1.29, 1.82) is 0 Å². The molecule has 62 valence electrons. The summed E-state index contributed by atoms with van der Waals surface area (Å²) in [5.41, 5.74) is 2.94. The Bertz CT molecular complexity index is 333. The summed E-state index contributed by atoms with van der Waals surface area (Å²) in [7, 11) is 0. The van der Waals surface area contributed by atoms with Gasteiger partial charge in [0.05, 0.1) is 11.6 Å². The number of hydrogen-bond donors (Lipinski definition) is 0. The smallest absolute Gasteiger partial charge is 0.0839 e. The summed E-state index contributed by atoms with van der Waals surface area (Å²) in [6.45, 7) is 3.91. The monoisotopic (exact) mass is 179 g/mol. The minimum absolute atomic E-state index is 0.368. The van der Waals surface area contributed by atoms with E-state index in [0.29, 0.717) is 5.88 Å². The number of nitrogens with zero attached hydrogens (tertiary/aromatic N) is 1. The zero-order valence-electron chi connectivity index (χ0n) is 7.19. The fraction of sp³-hybridized carbons (Fsp3) is 0.300. The van der Waals surface area contributed by atoms with Gasteiger partial charge in [-0.2, -0.15) is 0 Å². The number of aromatic nitrogens is 1. The van der Waals surface area contributed by atoms with Gasteiger partial charge in [0.2, 0.25) is 0 Å². The third-order valence-corrected chi connectivity index (χ3v) is 1.65. The number of alkyl halides is 1. The largest absolute Gasteiger partial charge is 0.257 e. The van der Waals surface area contributed by atoms with Crippen LogP contribution in [0.2, 0.25) is 0 Å². The fourth-order valence-electron chi connectivity index (χ4n) is 0.947. The molecule has 1 nitrogen and oxygen atoms in total. The van der Waals surface area contributed by atoms with Gasteiger partial charge in [0.15, 0.2) is 0 Å². The summed E-state index contributed by atoms with van der Waals surface area (Å²) in [6, 6.07) is 3.92. The van der Waals surface area contributed by atoms with Crippen LogP contribution in [-0.2, 0) is 0 Å². The molecule has 0 atom stereocenters. The van der Waals surface area contributed by atoms with Crippen LogP contribution < -0.4 is 0 Å². The molecule has 1 aromatic heterocycles. The molecule has 0 fully saturated rings. The van der Waals surface area contributed by atoms with Crippen LogP contribution >= 0.6 is 11.6 Å². The second-order valence-corrected chi connectivity index (χ2v) is 2.79. The highest BCUT2D eigenvalue weighted by molar-refractivity contribution is 6.19. The maximum atomic E-state index is 5.44. The SMILES string of the molecule is Cc1ccc(C#CCCl)c(C)n1. The Morgan fingerprint density at radius 3 is 2.75 bits per heavy atom. The van der Waals surface area contributed by atoms with Crippen molar-refractivity contribution in [3.63, 3.8) is 0 Å². The fourth-order valence-corrected chi connectivity index (χ4v) is 1.01. The molecule has 0 aliphatic carbocycles. The molecule has 0 spiro atoms. The molecule has 1 rings (SSSR count). The van der Waals surface area contributed by atoms with Crippen molar-refractivity contribution in [2.24, 2.45) is 0 Å². The van der Waals surface area contributed by atoms with Crippen molar-refractivity contribution in [1.82, 2.24) is 4.98 Å². The van der Waals surface area contributed by atoms with Gasteiger partial charge in [-0.25, -0.2) is 0 Å². The van der Waals surface area contributed by atoms with E-state index >= 15 is 0 Å². The first-order chi connectivity index (χ1) is 5.74. The van der Waals surface area contributed by atoms with Gasteiger partial charge in [0.25, 0.3) is 0 Å². The Morgan fingerprint density at radius 1 is 1.42 bits per heavy atom. The average Bonchev–Trinajstić information content (AvgIpc) is 2.03. The number of pyridine rings is 1. The van der Waals surface area contributed by atoms with Gasteiger partial charge in [-0.15, -0.1) is 11.6 Å². The van der Waals surface area contributed by atoms with Gasteiger partial charge in [-0.05, 0) is 26.0 Å². The Labute approximate surface area is 77.8 Å². The molecule has 12 heavy (non-hydrogen) atoms. The van der Waals surface area contributed by atoms with E-state index in [1.807, 2.05) is 26.0 Å². The number of aryl methyl sites for hydroxylation is 2. The maximum Gasteiger partial charge on any atom is 0.0839 e. The molecule has 0 saturated heterocycles. The van der Waals surface area contributed by atoms with E-state index in [4.69, 9.17) is 11.6 Å². The Kier molecular flexibility index (Phi) is 3.13. The summed E-state index contributed by atoms with van der Waals surface area (Å²) in [4.78, 5) is 4.28. The molecular weight excluding hydrogens is 170 g/mol. The van der Waals surface area contributed by atoms with E-state index < -0.39 is 0 Å². The third kappa shape index (κ3) is 2.25. The Balaban J connectivity index is 3.01. The Morgan fingerprint density at radius 2 is 2.17 bits per heavy atom. The molecule has 1 aromatic rings. The van der Waals surface area contributed by atoms with E-state index in [-0.39, 0.29) is 0 Å². The van der Waals surface area contributed by atoms with E-state index in [1.54, 1.807) is 0 Å². The Hall–Kier alpha value is -1.00. The van der Waals surface area contributed by atoms with Crippen LogP contribution in [0.1, 0.15) is 17.0 Å². The molecule has 0 aliphatic rings. The molecule has 1 heterocycles.